The lowest BCUT2D eigenvalue weighted by atomic mass is 10.2. The van der Waals surface area contributed by atoms with Crippen LogP contribution < -0.4 is 17.0 Å². The summed E-state index contributed by atoms with van der Waals surface area (Å²) >= 11 is 1.16. The van der Waals surface area contributed by atoms with Crippen molar-refractivity contribution < 1.29 is 4.79 Å². The molecule has 0 aliphatic rings. The highest BCUT2D eigenvalue weighted by Gasteiger charge is 2.20. The van der Waals surface area contributed by atoms with Crippen molar-refractivity contribution in [1.29, 1.82) is 0 Å². The lowest BCUT2D eigenvalue weighted by molar-refractivity contribution is 0.102. The number of aryl methyl sites for hydroxylation is 1. The Balaban J connectivity index is 1.90. The summed E-state index contributed by atoms with van der Waals surface area (Å²) in [7, 11) is 1.76. The predicted octanol–water partition coefficient (Wildman–Crippen LogP) is 0.427. The molecule has 3 aromatic rings. The van der Waals surface area contributed by atoms with E-state index in [9.17, 15) is 14.4 Å². The standard InChI is InChI=1S/C16H19N7O3S/c1-8(2)5-23-12(17)11(14(25)21-16(23)26)10(24)6-27-15-9-4-20-22(3)13(9)18-7-19-15/h4,7-8H,5-6,17H2,1-3H3,(H,21,25,26). The van der Waals surface area contributed by atoms with E-state index in [-0.39, 0.29) is 23.1 Å². The van der Waals surface area contributed by atoms with E-state index in [2.05, 4.69) is 20.1 Å². The van der Waals surface area contributed by atoms with E-state index >= 15 is 0 Å². The zero-order valence-electron chi connectivity index (χ0n) is 15.1. The van der Waals surface area contributed by atoms with Crippen LogP contribution in [0.3, 0.4) is 0 Å². The molecule has 0 saturated heterocycles. The molecule has 0 saturated carbocycles. The van der Waals surface area contributed by atoms with E-state index in [0.29, 0.717) is 22.6 Å². The minimum absolute atomic E-state index is 0.0613. The second-order valence-electron chi connectivity index (χ2n) is 6.42. The molecule has 0 aromatic carbocycles. The summed E-state index contributed by atoms with van der Waals surface area (Å²) in [5, 5.41) is 5.41. The number of rotatable bonds is 6. The maximum absolute atomic E-state index is 12.6. The molecule has 0 spiro atoms. The number of hydrogen-bond acceptors (Lipinski definition) is 8. The van der Waals surface area contributed by atoms with Crippen LogP contribution >= 0.6 is 11.8 Å². The molecule has 0 bridgehead atoms. The number of hydrogen-bond donors (Lipinski definition) is 2. The molecular formula is C16H19N7O3S. The first kappa shape index (κ1) is 18.8. The van der Waals surface area contributed by atoms with Gasteiger partial charge >= 0.3 is 5.69 Å². The second-order valence-corrected chi connectivity index (χ2v) is 7.38. The van der Waals surface area contributed by atoms with Crippen LogP contribution in [0.25, 0.3) is 11.0 Å². The number of anilines is 1. The van der Waals surface area contributed by atoms with Gasteiger partial charge in [-0.1, -0.05) is 25.6 Å². The molecule has 0 aliphatic carbocycles. The summed E-state index contributed by atoms with van der Waals surface area (Å²) in [6, 6.07) is 0. The molecule has 3 aromatic heterocycles. The second kappa shape index (κ2) is 7.35. The minimum Gasteiger partial charge on any atom is -0.384 e. The van der Waals surface area contributed by atoms with Gasteiger partial charge in [0.05, 0.1) is 17.3 Å². The normalized spacial score (nSPS) is 11.4. The summed E-state index contributed by atoms with van der Waals surface area (Å²) in [6.07, 6.45) is 3.01. The molecule has 3 heterocycles. The van der Waals surface area contributed by atoms with Crippen LogP contribution in [0.1, 0.15) is 24.2 Å². The van der Waals surface area contributed by atoms with Crippen molar-refractivity contribution in [2.24, 2.45) is 13.0 Å². The molecule has 27 heavy (non-hydrogen) atoms. The molecule has 3 N–H and O–H groups in total. The number of Topliss-reactive ketones (excluding diaryl/α,β-unsaturated/α-hetero) is 1. The number of carbonyl (C=O) groups is 1. The third kappa shape index (κ3) is 3.63. The number of thioether (sulfide) groups is 1. The summed E-state index contributed by atoms with van der Waals surface area (Å²) in [5.41, 5.74) is 5.00. The highest BCUT2D eigenvalue weighted by atomic mass is 32.2. The number of nitrogens with zero attached hydrogens (tertiary/aromatic N) is 5. The molecule has 142 valence electrons. The molecule has 0 aliphatic heterocycles. The molecule has 0 unspecified atom stereocenters. The first-order valence-corrected chi connectivity index (χ1v) is 9.19. The summed E-state index contributed by atoms with van der Waals surface area (Å²) < 4.78 is 2.82. The van der Waals surface area contributed by atoms with Crippen LogP contribution in [0.4, 0.5) is 5.82 Å². The lowest BCUT2D eigenvalue weighted by Gasteiger charge is -2.13. The third-order valence-corrected chi connectivity index (χ3v) is 4.90. The van der Waals surface area contributed by atoms with Crippen molar-refractivity contribution in [1.82, 2.24) is 29.3 Å². The topological polar surface area (TPSA) is 142 Å². The first-order valence-electron chi connectivity index (χ1n) is 8.21. The average Bonchev–Trinajstić information content (AvgIpc) is 2.98. The van der Waals surface area contributed by atoms with Crippen LogP contribution in [0.15, 0.2) is 27.1 Å². The van der Waals surface area contributed by atoms with Gasteiger partial charge in [-0.05, 0) is 5.92 Å². The number of aromatic amines is 1. The Morgan fingerprint density at radius 1 is 1.33 bits per heavy atom. The number of nitrogens with two attached hydrogens (primary N) is 1. The van der Waals surface area contributed by atoms with Crippen molar-refractivity contribution in [2.75, 3.05) is 11.5 Å². The molecular weight excluding hydrogens is 370 g/mol. The number of fused-ring (bicyclic) bond motifs is 1. The van der Waals surface area contributed by atoms with Gasteiger partial charge in [-0.15, -0.1) is 0 Å². The molecule has 11 heteroatoms. The van der Waals surface area contributed by atoms with E-state index in [1.54, 1.807) is 17.9 Å². The fourth-order valence-corrected chi connectivity index (χ4v) is 3.50. The van der Waals surface area contributed by atoms with Gasteiger partial charge in [-0.2, -0.15) is 5.10 Å². The molecule has 3 rings (SSSR count). The number of nitrogen functional groups attached to an aromatic ring is 1. The van der Waals surface area contributed by atoms with Gasteiger partial charge in [-0.25, -0.2) is 14.8 Å². The van der Waals surface area contributed by atoms with Gasteiger partial charge in [0.2, 0.25) is 0 Å². The Bertz CT molecular complexity index is 1130. The van der Waals surface area contributed by atoms with Gasteiger partial charge in [0.25, 0.3) is 5.56 Å². The van der Waals surface area contributed by atoms with Crippen molar-refractivity contribution in [2.45, 2.75) is 25.4 Å². The van der Waals surface area contributed by atoms with Crippen LogP contribution in [0.5, 0.6) is 0 Å². The maximum Gasteiger partial charge on any atom is 0.329 e. The van der Waals surface area contributed by atoms with E-state index in [1.807, 2.05) is 13.8 Å². The number of carbonyl (C=O) groups excluding carboxylic acids is 1. The Labute approximate surface area is 157 Å². The highest BCUT2D eigenvalue weighted by Crippen LogP contribution is 2.24. The largest absolute Gasteiger partial charge is 0.384 e. The lowest BCUT2D eigenvalue weighted by Crippen LogP contribution is -2.37. The van der Waals surface area contributed by atoms with Crippen molar-refractivity contribution in [3.8, 4) is 0 Å². The quantitative estimate of drug-likeness (QED) is 0.351. The van der Waals surface area contributed by atoms with E-state index < -0.39 is 17.0 Å². The third-order valence-electron chi connectivity index (χ3n) is 3.90. The van der Waals surface area contributed by atoms with Gasteiger partial charge in [0.1, 0.15) is 22.7 Å². The Morgan fingerprint density at radius 3 is 2.78 bits per heavy atom. The van der Waals surface area contributed by atoms with Gasteiger partial charge < -0.3 is 5.73 Å². The van der Waals surface area contributed by atoms with Crippen molar-refractivity contribution in [3.63, 3.8) is 0 Å². The SMILES string of the molecule is CC(C)Cn1c(N)c(C(=O)CSc2ncnc3c2cnn3C)c(=O)[nH]c1=O. The molecule has 0 atom stereocenters. The van der Waals surface area contributed by atoms with Crippen LogP contribution in [0, 0.1) is 5.92 Å². The minimum atomic E-state index is -0.780. The van der Waals surface area contributed by atoms with Crippen molar-refractivity contribution in [3.05, 3.63) is 38.9 Å². The predicted molar refractivity (Wildman–Crippen MR) is 102 cm³/mol. The summed E-state index contributed by atoms with van der Waals surface area (Å²) in [6.45, 7) is 4.11. The number of nitrogens with one attached hydrogen (secondary N) is 1. The number of ketones is 1. The van der Waals surface area contributed by atoms with E-state index in [4.69, 9.17) is 5.73 Å². The van der Waals surface area contributed by atoms with Crippen LogP contribution in [0.2, 0.25) is 0 Å². The van der Waals surface area contributed by atoms with Crippen LogP contribution in [-0.2, 0) is 13.6 Å². The van der Waals surface area contributed by atoms with Crippen molar-refractivity contribution >= 4 is 34.4 Å². The zero-order chi connectivity index (χ0) is 19.7. The number of H-pyrrole nitrogens is 1. The molecule has 0 amide bonds. The Hall–Kier alpha value is -2.95. The average molecular weight is 389 g/mol. The first-order chi connectivity index (χ1) is 12.8. The monoisotopic (exact) mass is 389 g/mol. The molecule has 0 fully saturated rings. The summed E-state index contributed by atoms with van der Waals surface area (Å²) in [5.74, 6) is -0.536. The molecule has 0 radical (unpaired) electrons. The van der Waals surface area contributed by atoms with Crippen LogP contribution in [-0.4, -0.2) is 40.8 Å². The fraction of sp³-hybridized carbons (Fsp3) is 0.375. The van der Waals surface area contributed by atoms with Gasteiger partial charge in [-0.3, -0.25) is 23.8 Å². The van der Waals surface area contributed by atoms with Gasteiger partial charge in [0, 0.05) is 13.6 Å². The van der Waals surface area contributed by atoms with Gasteiger partial charge in [0.15, 0.2) is 11.4 Å². The van der Waals surface area contributed by atoms with E-state index in [1.165, 1.54) is 10.9 Å². The highest BCUT2D eigenvalue weighted by molar-refractivity contribution is 8.00. The van der Waals surface area contributed by atoms with E-state index in [0.717, 1.165) is 11.8 Å². The molecule has 10 nitrogen and oxygen atoms in total. The maximum atomic E-state index is 12.6. The zero-order valence-corrected chi connectivity index (χ0v) is 15.9. The number of aromatic nitrogens is 6. The Kier molecular flexibility index (Phi) is 5.13. The Morgan fingerprint density at radius 2 is 2.07 bits per heavy atom. The smallest absolute Gasteiger partial charge is 0.329 e. The fourth-order valence-electron chi connectivity index (χ4n) is 2.67. The summed E-state index contributed by atoms with van der Waals surface area (Å²) in [4.78, 5) is 47.3.